The number of nitrogens with zero attached hydrogens (tertiary/aromatic N) is 2. The topological polar surface area (TPSA) is 92.5 Å². The van der Waals surface area contributed by atoms with E-state index in [4.69, 9.17) is 16.1 Å². The van der Waals surface area contributed by atoms with Crippen LogP contribution in [0.3, 0.4) is 0 Å². The van der Waals surface area contributed by atoms with E-state index in [1.54, 1.807) is 26.0 Å². The first-order chi connectivity index (χ1) is 12.2. The SMILES string of the molecule is Cc1ccc(NC(=O)C2CCCN2S(=O)(=O)c2c(C)noc2C)c(Cl)c1. The Balaban J connectivity index is 1.87. The van der Waals surface area contributed by atoms with Crippen molar-refractivity contribution in [2.45, 2.75) is 44.6 Å². The van der Waals surface area contributed by atoms with Crippen LogP contribution in [0.5, 0.6) is 0 Å². The smallest absolute Gasteiger partial charge is 0.249 e. The highest BCUT2D eigenvalue weighted by Crippen LogP contribution is 2.31. The number of aromatic nitrogens is 1. The summed E-state index contributed by atoms with van der Waals surface area (Å²) < 4.78 is 32.3. The third-order valence-corrected chi connectivity index (χ3v) is 6.89. The van der Waals surface area contributed by atoms with Gasteiger partial charge in [0.1, 0.15) is 16.6 Å². The fourth-order valence-corrected chi connectivity index (χ4v) is 5.42. The third kappa shape index (κ3) is 3.36. The van der Waals surface area contributed by atoms with Crippen molar-refractivity contribution in [2.24, 2.45) is 0 Å². The minimum absolute atomic E-state index is 0.0329. The number of hydrogen-bond donors (Lipinski definition) is 1. The van der Waals surface area contributed by atoms with Gasteiger partial charge in [0.15, 0.2) is 5.76 Å². The third-order valence-electron chi connectivity index (χ3n) is 4.42. The quantitative estimate of drug-likeness (QED) is 0.855. The van der Waals surface area contributed by atoms with Crippen LogP contribution in [-0.2, 0) is 14.8 Å². The fourth-order valence-electron chi connectivity index (χ4n) is 3.19. The summed E-state index contributed by atoms with van der Waals surface area (Å²) in [5.74, 6) is -0.182. The van der Waals surface area contributed by atoms with Crippen molar-refractivity contribution in [1.29, 1.82) is 0 Å². The predicted octanol–water partition coefficient (Wildman–Crippen LogP) is 3.05. The van der Waals surface area contributed by atoms with E-state index in [0.717, 1.165) is 5.56 Å². The second-order valence-corrected chi connectivity index (χ2v) is 8.63. The van der Waals surface area contributed by atoms with E-state index in [-0.39, 0.29) is 22.9 Å². The standard InChI is InChI=1S/C17H20ClN3O4S/c1-10-6-7-14(13(18)9-10)19-17(22)15-5-4-8-21(15)26(23,24)16-11(2)20-25-12(16)3/h6-7,9,15H,4-5,8H2,1-3H3,(H,19,22). The van der Waals surface area contributed by atoms with Gasteiger partial charge in [-0.25, -0.2) is 8.42 Å². The van der Waals surface area contributed by atoms with Gasteiger partial charge in [-0.05, 0) is 51.3 Å². The van der Waals surface area contributed by atoms with Crippen molar-refractivity contribution in [3.05, 3.63) is 40.2 Å². The number of carbonyl (C=O) groups excluding carboxylic acids is 1. The zero-order valence-electron chi connectivity index (χ0n) is 14.7. The van der Waals surface area contributed by atoms with Crippen LogP contribution in [0.1, 0.15) is 29.9 Å². The molecule has 0 saturated carbocycles. The number of hydrogen-bond acceptors (Lipinski definition) is 5. The molecule has 140 valence electrons. The summed E-state index contributed by atoms with van der Waals surface area (Å²) >= 11 is 6.16. The molecule has 0 radical (unpaired) electrons. The van der Waals surface area contributed by atoms with Gasteiger partial charge in [-0.3, -0.25) is 4.79 Å². The molecule has 1 saturated heterocycles. The van der Waals surface area contributed by atoms with E-state index in [2.05, 4.69) is 10.5 Å². The summed E-state index contributed by atoms with van der Waals surface area (Å²) in [6.07, 6.45) is 1.04. The lowest BCUT2D eigenvalue weighted by atomic mass is 10.2. The first-order valence-electron chi connectivity index (χ1n) is 8.23. The van der Waals surface area contributed by atoms with Gasteiger partial charge in [0.05, 0.1) is 10.7 Å². The van der Waals surface area contributed by atoms with Crippen molar-refractivity contribution in [3.8, 4) is 0 Å². The van der Waals surface area contributed by atoms with Crippen LogP contribution in [0.25, 0.3) is 0 Å². The van der Waals surface area contributed by atoms with Gasteiger partial charge in [-0.1, -0.05) is 22.8 Å². The van der Waals surface area contributed by atoms with Crippen molar-refractivity contribution in [1.82, 2.24) is 9.46 Å². The molecule has 1 amide bonds. The van der Waals surface area contributed by atoms with E-state index in [0.29, 0.717) is 23.6 Å². The number of benzene rings is 1. The maximum atomic E-state index is 13.0. The summed E-state index contributed by atoms with van der Waals surface area (Å²) in [4.78, 5) is 12.8. The molecule has 2 heterocycles. The lowest BCUT2D eigenvalue weighted by Crippen LogP contribution is -2.43. The van der Waals surface area contributed by atoms with Crippen LogP contribution in [-0.4, -0.2) is 36.4 Å². The molecule has 0 aliphatic carbocycles. The van der Waals surface area contributed by atoms with E-state index in [1.165, 1.54) is 4.31 Å². The van der Waals surface area contributed by atoms with Crippen LogP contribution < -0.4 is 5.32 Å². The van der Waals surface area contributed by atoms with Gasteiger partial charge < -0.3 is 9.84 Å². The molecule has 1 aromatic heterocycles. The Kier molecular flexibility index (Phi) is 5.09. The van der Waals surface area contributed by atoms with Gasteiger partial charge in [0.2, 0.25) is 15.9 Å². The highest BCUT2D eigenvalue weighted by molar-refractivity contribution is 7.89. The molecule has 3 rings (SSSR count). The Morgan fingerprint density at radius 2 is 2.08 bits per heavy atom. The van der Waals surface area contributed by atoms with Crippen LogP contribution in [0.2, 0.25) is 5.02 Å². The summed E-state index contributed by atoms with van der Waals surface area (Å²) in [5, 5.41) is 6.87. The normalized spacial score (nSPS) is 18.2. The van der Waals surface area contributed by atoms with Gasteiger partial charge in [0.25, 0.3) is 0 Å². The van der Waals surface area contributed by atoms with Gasteiger partial charge in [-0.2, -0.15) is 4.31 Å². The summed E-state index contributed by atoms with van der Waals surface area (Å²) in [6, 6.07) is 4.47. The van der Waals surface area contributed by atoms with Gasteiger partial charge in [0, 0.05) is 6.54 Å². The van der Waals surface area contributed by atoms with Crippen LogP contribution in [0.15, 0.2) is 27.6 Å². The Labute approximate surface area is 157 Å². The highest BCUT2D eigenvalue weighted by atomic mass is 35.5. The average molecular weight is 398 g/mol. The first-order valence-corrected chi connectivity index (χ1v) is 10.1. The summed E-state index contributed by atoms with van der Waals surface area (Å²) in [7, 11) is -3.88. The van der Waals surface area contributed by atoms with E-state index < -0.39 is 22.0 Å². The molecule has 0 bridgehead atoms. The lowest BCUT2D eigenvalue weighted by Gasteiger charge is -2.23. The average Bonchev–Trinajstić information content (AvgIpc) is 3.17. The molecule has 1 N–H and O–H groups in total. The number of carbonyl (C=O) groups is 1. The van der Waals surface area contributed by atoms with E-state index in [9.17, 15) is 13.2 Å². The van der Waals surface area contributed by atoms with Gasteiger partial charge >= 0.3 is 0 Å². The molecule has 26 heavy (non-hydrogen) atoms. The van der Waals surface area contributed by atoms with Crippen LogP contribution in [0.4, 0.5) is 5.69 Å². The number of halogens is 1. The Hall–Kier alpha value is -1.90. The molecule has 9 heteroatoms. The Morgan fingerprint density at radius 3 is 2.69 bits per heavy atom. The van der Waals surface area contributed by atoms with Crippen molar-refractivity contribution in [2.75, 3.05) is 11.9 Å². The predicted molar refractivity (Wildman–Crippen MR) is 97.7 cm³/mol. The molecule has 0 spiro atoms. The number of amides is 1. The monoisotopic (exact) mass is 397 g/mol. The fraction of sp³-hybridized carbons (Fsp3) is 0.412. The molecule has 1 unspecified atom stereocenters. The van der Waals surface area contributed by atoms with E-state index >= 15 is 0 Å². The molecular formula is C17H20ClN3O4S. The van der Waals surface area contributed by atoms with Crippen molar-refractivity contribution in [3.63, 3.8) is 0 Å². The summed E-state index contributed by atoms with van der Waals surface area (Å²) in [6.45, 7) is 5.28. The molecule has 2 aromatic rings. The second-order valence-electron chi connectivity index (χ2n) is 6.40. The molecule has 7 nitrogen and oxygen atoms in total. The van der Waals surface area contributed by atoms with Crippen LogP contribution in [0, 0.1) is 20.8 Å². The summed E-state index contributed by atoms with van der Waals surface area (Å²) in [5.41, 5.74) is 1.72. The highest BCUT2D eigenvalue weighted by Gasteiger charge is 2.42. The zero-order chi connectivity index (χ0) is 19.1. The molecular weight excluding hydrogens is 378 g/mol. The molecule has 1 atom stereocenters. The second kappa shape index (κ2) is 7.02. The van der Waals surface area contributed by atoms with E-state index in [1.807, 2.05) is 13.0 Å². The number of rotatable bonds is 4. The number of anilines is 1. The molecule has 1 aliphatic heterocycles. The lowest BCUT2D eigenvalue weighted by molar-refractivity contribution is -0.119. The molecule has 1 aromatic carbocycles. The number of aryl methyl sites for hydroxylation is 3. The minimum Gasteiger partial charge on any atom is -0.360 e. The van der Waals surface area contributed by atoms with Gasteiger partial charge in [-0.15, -0.1) is 0 Å². The number of sulfonamides is 1. The van der Waals surface area contributed by atoms with Crippen molar-refractivity contribution < 1.29 is 17.7 Å². The van der Waals surface area contributed by atoms with Crippen LogP contribution >= 0.6 is 11.6 Å². The first kappa shape index (κ1) is 18.9. The maximum Gasteiger partial charge on any atom is 0.249 e. The Morgan fingerprint density at radius 1 is 1.35 bits per heavy atom. The van der Waals surface area contributed by atoms with Crippen molar-refractivity contribution >= 4 is 33.2 Å². The maximum absolute atomic E-state index is 13.0. The zero-order valence-corrected chi connectivity index (χ0v) is 16.3. The number of nitrogens with one attached hydrogen (secondary N) is 1. The molecule has 1 aliphatic rings. The largest absolute Gasteiger partial charge is 0.360 e. The Bertz CT molecular complexity index is 935. The molecule has 1 fully saturated rings. The minimum atomic E-state index is -3.88.